The maximum atomic E-state index is 8.75. The summed E-state index contributed by atoms with van der Waals surface area (Å²) in [6, 6.07) is 10.0. The van der Waals surface area contributed by atoms with Crippen molar-refractivity contribution in [1.29, 1.82) is 5.26 Å². The van der Waals surface area contributed by atoms with Crippen LogP contribution in [-0.2, 0) is 6.54 Å². The van der Waals surface area contributed by atoms with E-state index in [2.05, 4.69) is 18.3 Å². The summed E-state index contributed by atoms with van der Waals surface area (Å²) in [5, 5.41) is 12.3. The van der Waals surface area contributed by atoms with Gasteiger partial charge in [0.1, 0.15) is 0 Å². The highest BCUT2D eigenvalue weighted by molar-refractivity contribution is 5.31. The summed E-state index contributed by atoms with van der Waals surface area (Å²) in [6.45, 7) is 4.35. The van der Waals surface area contributed by atoms with Gasteiger partial charge in [0.05, 0.1) is 11.6 Å². The van der Waals surface area contributed by atoms with E-state index >= 15 is 0 Å². The Balaban J connectivity index is 1.82. The van der Waals surface area contributed by atoms with Gasteiger partial charge in [-0.1, -0.05) is 31.9 Å². The highest BCUT2D eigenvalue weighted by Gasteiger charge is 2.31. The van der Waals surface area contributed by atoms with Crippen molar-refractivity contribution >= 4 is 0 Å². The fourth-order valence-electron chi connectivity index (χ4n) is 2.95. The predicted molar refractivity (Wildman–Crippen MR) is 74.1 cm³/mol. The second-order valence-electron chi connectivity index (χ2n) is 5.47. The summed E-state index contributed by atoms with van der Waals surface area (Å²) in [5.41, 5.74) is 2.55. The molecule has 0 unspecified atom stereocenters. The third-order valence-corrected chi connectivity index (χ3v) is 4.33. The zero-order valence-electron chi connectivity index (χ0n) is 11.2. The molecule has 1 fully saturated rings. The van der Waals surface area contributed by atoms with Gasteiger partial charge in [0, 0.05) is 13.1 Å². The zero-order valence-corrected chi connectivity index (χ0v) is 11.2. The standard InChI is InChI=1S/C16H22N2/c1-2-16(9-3-4-10-16)13-18-12-15-7-5-14(11-17)6-8-15/h5-8,18H,2-4,9-10,12-13H2,1H3. The van der Waals surface area contributed by atoms with E-state index in [0.717, 1.165) is 18.7 Å². The highest BCUT2D eigenvalue weighted by Crippen LogP contribution is 2.40. The number of nitriles is 1. The van der Waals surface area contributed by atoms with Crippen LogP contribution in [0.3, 0.4) is 0 Å². The molecular formula is C16H22N2. The average Bonchev–Trinajstić information content (AvgIpc) is 2.89. The van der Waals surface area contributed by atoms with Gasteiger partial charge in [-0.15, -0.1) is 0 Å². The Bertz CT molecular complexity index is 408. The third-order valence-electron chi connectivity index (χ3n) is 4.33. The first-order valence-electron chi connectivity index (χ1n) is 6.98. The van der Waals surface area contributed by atoms with Gasteiger partial charge in [-0.25, -0.2) is 0 Å². The van der Waals surface area contributed by atoms with Crippen molar-refractivity contribution < 1.29 is 0 Å². The number of rotatable bonds is 5. The normalized spacial score (nSPS) is 17.6. The van der Waals surface area contributed by atoms with Gasteiger partial charge in [0.25, 0.3) is 0 Å². The van der Waals surface area contributed by atoms with Crippen LogP contribution in [-0.4, -0.2) is 6.54 Å². The molecule has 0 radical (unpaired) electrons. The summed E-state index contributed by atoms with van der Waals surface area (Å²) in [7, 11) is 0. The summed E-state index contributed by atoms with van der Waals surface area (Å²) in [6.07, 6.45) is 6.83. The van der Waals surface area contributed by atoms with Gasteiger partial charge in [-0.3, -0.25) is 0 Å². The predicted octanol–water partition coefficient (Wildman–Crippen LogP) is 3.62. The summed E-state index contributed by atoms with van der Waals surface area (Å²) >= 11 is 0. The number of benzene rings is 1. The fourth-order valence-corrected chi connectivity index (χ4v) is 2.95. The minimum atomic E-state index is 0.548. The molecule has 2 rings (SSSR count). The Hall–Kier alpha value is -1.33. The van der Waals surface area contributed by atoms with Gasteiger partial charge >= 0.3 is 0 Å². The van der Waals surface area contributed by atoms with Crippen LogP contribution in [0, 0.1) is 16.7 Å². The van der Waals surface area contributed by atoms with E-state index in [1.165, 1.54) is 37.7 Å². The molecule has 1 saturated carbocycles. The van der Waals surface area contributed by atoms with E-state index in [-0.39, 0.29) is 0 Å². The first-order chi connectivity index (χ1) is 8.78. The topological polar surface area (TPSA) is 35.8 Å². The van der Waals surface area contributed by atoms with E-state index in [9.17, 15) is 0 Å². The van der Waals surface area contributed by atoms with Crippen molar-refractivity contribution in [3.8, 4) is 6.07 Å². The van der Waals surface area contributed by atoms with E-state index in [0.29, 0.717) is 5.41 Å². The molecule has 1 aromatic carbocycles. The molecule has 2 heteroatoms. The van der Waals surface area contributed by atoms with Crippen molar-refractivity contribution in [3.05, 3.63) is 35.4 Å². The number of nitrogens with zero attached hydrogens (tertiary/aromatic N) is 1. The maximum Gasteiger partial charge on any atom is 0.0991 e. The molecule has 2 nitrogen and oxygen atoms in total. The second kappa shape index (κ2) is 6.02. The molecule has 1 N–H and O–H groups in total. The van der Waals surface area contributed by atoms with Gasteiger partial charge in [-0.05, 0) is 42.4 Å². The van der Waals surface area contributed by atoms with Crippen LogP contribution in [0.25, 0.3) is 0 Å². The lowest BCUT2D eigenvalue weighted by Crippen LogP contribution is -2.31. The SMILES string of the molecule is CCC1(CNCc2ccc(C#N)cc2)CCCC1. The Morgan fingerprint density at radius 2 is 1.89 bits per heavy atom. The van der Waals surface area contributed by atoms with Gasteiger partial charge in [-0.2, -0.15) is 5.26 Å². The van der Waals surface area contributed by atoms with Crippen LogP contribution in [0.2, 0.25) is 0 Å². The fraction of sp³-hybridized carbons (Fsp3) is 0.562. The first kappa shape index (κ1) is 13.1. The lowest BCUT2D eigenvalue weighted by Gasteiger charge is -2.27. The van der Waals surface area contributed by atoms with Gasteiger partial charge in [0.2, 0.25) is 0 Å². The monoisotopic (exact) mass is 242 g/mol. The van der Waals surface area contributed by atoms with Crippen molar-refractivity contribution in [1.82, 2.24) is 5.32 Å². The largest absolute Gasteiger partial charge is 0.312 e. The Morgan fingerprint density at radius 3 is 2.44 bits per heavy atom. The molecule has 96 valence electrons. The minimum absolute atomic E-state index is 0.548. The quantitative estimate of drug-likeness (QED) is 0.856. The molecule has 0 spiro atoms. The molecule has 1 aliphatic carbocycles. The van der Waals surface area contributed by atoms with Crippen molar-refractivity contribution in [2.45, 2.75) is 45.6 Å². The number of hydrogen-bond donors (Lipinski definition) is 1. The molecule has 0 atom stereocenters. The molecular weight excluding hydrogens is 220 g/mol. The number of nitrogens with one attached hydrogen (secondary N) is 1. The molecule has 0 heterocycles. The zero-order chi connectivity index (χ0) is 12.8. The molecule has 18 heavy (non-hydrogen) atoms. The Kier molecular flexibility index (Phi) is 4.38. The van der Waals surface area contributed by atoms with Crippen molar-refractivity contribution in [3.63, 3.8) is 0 Å². The van der Waals surface area contributed by atoms with E-state index in [1.807, 2.05) is 24.3 Å². The van der Waals surface area contributed by atoms with Crippen LogP contribution in [0.4, 0.5) is 0 Å². The Labute approximate surface area is 110 Å². The second-order valence-corrected chi connectivity index (χ2v) is 5.47. The van der Waals surface area contributed by atoms with Gasteiger partial charge in [0.15, 0.2) is 0 Å². The molecule has 1 aromatic rings. The lowest BCUT2D eigenvalue weighted by atomic mass is 9.83. The average molecular weight is 242 g/mol. The van der Waals surface area contributed by atoms with Crippen LogP contribution in [0.1, 0.15) is 50.2 Å². The number of hydrogen-bond acceptors (Lipinski definition) is 2. The minimum Gasteiger partial charge on any atom is -0.312 e. The maximum absolute atomic E-state index is 8.75. The van der Waals surface area contributed by atoms with Crippen molar-refractivity contribution in [2.75, 3.05) is 6.54 Å². The summed E-state index contributed by atoms with van der Waals surface area (Å²) in [4.78, 5) is 0. The highest BCUT2D eigenvalue weighted by atomic mass is 14.9. The van der Waals surface area contributed by atoms with Crippen LogP contribution >= 0.6 is 0 Å². The van der Waals surface area contributed by atoms with Crippen LogP contribution < -0.4 is 5.32 Å². The van der Waals surface area contributed by atoms with E-state index in [4.69, 9.17) is 5.26 Å². The van der Waals surface area contributed by atoms with Crippen molar-refractivity contribution in [2.24, 2.45) is 5.41 Å². The molecule has 0 amide bonds. The molecule has 0 bridgehead atoms. The molecule has 1 aliphatic rings. The molecule has 0 saturated heterocycles. The lowest BCUT2D eigenvalue weighted by molar-refractivity contribution is 0.268. The van der Waals surface area contributed by atoms with Gasteiger partial charge < -0.3 is 5.32 Å². The summed E-state index contributed by atoms with van der Waals surface area (Å²) < 4.78 is 0. The smallest absolute Gasteiger partial charge is 0.0991 e. The van der Waals surface area contributed by atoms with E-state index in [1.54, 1.807) is 0 Å². The van der Waals surface area contributed by atoms with E-state index < -0.39 is 0 Å². The third kappa shape index (κ3) is 3.11. The molecule has 0 aliphatic heterocycles. The van der Waals surface area contributed by atoms with Crippen LogP contribution in [0.15, 0.2) is 24.3 Å². The first-order valence-corrected chi connectivity index (χ1v) is 6.98. The molecule has 0 aromatic heterocycles. The Morgan fingerprint density at radius 1 is 1.22 bits per heavy atom. The summed E-state index contributed by atoms with van der Waals surface area (Å²) in [5.74, 6) is 0. The van der Waals surface area contributed by atoms with Crippen LogP contribution in [0.5, 0.6) is 0 Å².